The first-order chi connectivity index (χ1) is 14.0. The van der Waals surface area contributed by atoms with Gasteiger partial charge in [0.25, 0.3) is 0 Å². The first-order valence-electron chi connectivity index (χ1n) is 9.88. The molecule has 0 saturated carbocycles. The van der Waals surface area contributed by atoms with Gasteiger partial charge in [-0.3, -0.25) is 4.79 Å². The average Bonchev–Trinajstić information content (AvgIpc) is 3.14. The molecule has 0 bridgehead atoms. The number of fused-ring (bicyclic) bond motifs is 1. The fourth-order valence-electron chi connectivity index (χ4n) is 4.07. The monoisotopic (exact) mass is 395 g/mol. The molecule has 1 amide bonds. The molecule has 0 radical (unpaired) electrons. The molecule has 0 saturated heterocycles. The van der Waals surface area contributed by atoms with Gasteiger partial charge < -0.3 is 9.88 Å². The quantitative estimate of drug-likeness (QED) is 0.644. The summed E-state index contributed by atoms with van der Waals surface area (Å²) in [6.07, 6.45) is 3.95. The van der Waals surface area contributed by atoms with E-state index in [9.17, 15) is 13.6 Å². The van der Waals surface area contributed by atoms with E-state index in [4.69, 9.17) is 0 Å². The molecule has 1 N–H and O–H groups in total. The maximum absolute atomic E-state index is 14.7. The van der Waals surface area contributed by atoms with Crippen molar-refractivity contribution in [1.29, 1.82) is 0 Å². The minimum absolute atomic E-state index is 0.0673. The second-order valence-electron chi connectivity index (χ2n) is 7.57. The lowest BCUT2D eigenvalue weighted by Gasteiger charge is -2.25. The fraction of sp³-hybridized carbons (Fsp3) is 0.304. The molecule has 4 rings (SSSR count). The van der Waals surface area contributed by atoms with E-state index in [1.165, 1.54) is 30.3 Å². The van der Waals surface area contributed by atoms with Crippen LogP contribution in [0.15, 0.2) is 54.7 Å². The predicted molar refractivity (Wildman–Crippen MR) is 108 cm³/mol. The largest absolute Gasteiger partial charge is 0.331 e. The van der Waals surface area contributed by atoms with Gasteiger partial charge in [0, 0.05) is 42.4 Å². The molecule has 3 aromatic rings. The van der Waals surface area contributed by atoms with Crippen LogP contribution in [0.5, 0.6) is 0 Å². The molecule has 4 nitrogen and oxygen atoms in total. The van der Waals surface area contributed by atoms with Crippen molar-refractivity contribution in [3.63, 3.8) is 0 Å². The summed E-state index contributed by atoms with van der Waals surface area (Å²) in [5.74, 6) is -0.0930. The van der Waals surface area contributed by atoms with Crippen molar-refractivity contribution >= 4 is 11.6 Å². The summed E-state index contributed by atoms with van der Waals surface area (Å²) < 4.78 is 29.9. The van der Waals surface area contributed by atoms with Crippen molar-refractivity contribution in [2.45, 2.75) is 44.6 Å². The number of hydrogen-bond acceptors (Lipinski definition) is 2. The maximum Gasteiger partial charge on any atom is 0.225 e. The minimum Gasteiger partial charge on any atom is -0.331 e. The summed E-state index contributed by atoms with van der Waals surface area (Å²) in [6.45, 7) is 2.96. The number of nitrogens with zero attached hydrogens (tertiary/aromatic N) is 2. The van der Waals surface area contributed by atoms with Gasteiger partial charge in [0.1, 0.15) is 17.5 Å². The summed E-state index contributed by atoms with van der Waals surface area (Å²) in [5.41, 5.74) is 1.83. The van der Waals surface area contributed by atoms with Crippen LogP contribution in [-0.2, 0) is 11.3 Å². The van der Waals surface area contributed by atoms with Crippen LogP contribution in [0, 0.1) is 11.6 Å². The number of benzene rings is 2. The maximum atomic E-state index is 14.7. The Labute approximate surface area is 168 Å². The first kappa shape index (κ1) is 19.3. The number of imidazole rings is 1. The Bertz CT molecular complexity index is 1010. The Hall–Kier alpha value is -3.02. The van der Waals surface area contributed by atoms with Crippen LogP contribution >= 0.6 is 0 Å². The van der Waals surface area contributed by atoms with Crippen molar-refractivity contribution < 1.29 is 13.6 Å². The number of carbonyl (C=O) groups is 1. The third-order valence-electron chi connectivity index (χ3n) is 5.53. The highest BCUT2D eigenvalue weighted by Gasteiger charge is 2.28. The van der Waals surface area contributed by atoms with Gasteiger partial charge in [-0.25, -0.2) is 13.8 Å². The molecule has 1 aliphatic heterocycles. The van der Waals surface area contributed by atoms with E-state index in [1.807, 2.05) is 0 Å². The molecule has 29 heavy (non-hydrogen) atoms. The molecule has 1 aliphatic rings. The Morgan fingerprint density at radius 2 is 1.97 bits per heavy atom. The zero-order chi connectivity index (χ0) is 20.4. The van der Waals surface area contributed by atoms with Crippen LogP contribution in [0.1, 0.15) is 55.1 Å². The van der Waals surface area contributed by atoms with E-state index < -0.39 is 5.92 Å². The Morgan fingerprint density at radius 3 is 2.72 bits per heavy atom. The van der Waals surface area contributed by atoms with Crippen LogP contribution in [-0.4, -0.2) is 15.5 Å². The molecule has 2 heterocycles. The number of aromatic nitrogens is 2. The van der Waals surface area contributed by atoms with E-state index in [-0.39, 0.29) is 24.0 Å². The lowest BCUT2D eigenvalue weighted by Crippen LogP contribution is -2.22. The van der Waals surface area contributed by atoms with Crippen LogP contribution in [0.4, 0.5) is 14.5 Å². The fourth-order valence-corrected chi connectivity index (χ4v) is 4.07. The predicted octanol–water partition coefficient (Wildman–Crippen LogP) is 5.22. The zero-order valence-corrected chi connectivity index (χ0v) is 16.2. The highest BCUT2D eigenvalue weighted by atomic mass is 19.1. The van der Waals surface area contributed by atoms with Crippen molar-refractivity contribution in [3.05, 3.63) is 83.4 Å². The van der Waals surface area contributed by atoms with Crippen LogP contribution in [0.2, 0.25) is 0 Å². The van der Waals surface area contributed by atoms with Gasteiger partial charge in [-0.1, -0.05) is 25.1 Å². The van der Waals surface area contributed by atoms with E-state index >= 15 is 0 Å². The lowest BCUT2D eigenvalue weighted by atomic mass is 9.91. The summed E-state index contributed by atoms with van der Waals surface area (Å²) >= 11 is 0. The zero-order valence-electron chi connectivity index (χ0n) is 16.2. The summed E-state index contributed by atoms with van der Waals surface area (Å²) in [5, 5.41) is 2.78. The summed E-state index contributed by atoms with van der Waals surface area (Å²) in [6, 6.07) is 12.1. The van der Waals surface area contributed by atoms with Gasteiger partial charge in [-0.05, 0) is 48.7 Å². The number of carbonyl (C=O) groups excluding carboxylic acids is 1. The third-order valence-corrected chi connectivity index (χ3v) is 5.53. The van der Waals surface area contributed by atoms with E-state index in [0.29, 0.717) is 17.2 Å². The molecule has 0 aliphatic carbocycles. The molecule has 0 fully saturated rings. The topological polar surface area (TPSA) is 46.9 Å². The van der Waals surface area contributed by atoms with Gasteiger partial charge in [-0.2, -0.15) is 0 Å². The Kier molecular flexibility index (Phi) is 5.43. The molecule has 0 unspecified atom stereocenters. The van der Waals surface area contributed by atoms with Crippen molar-refractivity contribution in [1.82, 2.24) is 9.55 Å². The van der Waals surface area contributed by atoms with Gasteiger partial charge in [0.2, 0.25) is 5.91 Å². The smallest absolute Gasteiger partial charge is 0.225 e. The second-order valence-corrected chi connectivity index (χ2v) is 7.57. The average molecular weight is 395 g/mol. The molecule has 2 aromatic carbocycles. The molecular weight excluding hydrogens is 372 g/mol. The van der Waals surface area contributed by atoms with Gasteiger partial charge >= 0.3 is 0 Å². The minimum atomic E-state index is -0.455. The number of amides is 1. The number of nitrogens with one attached hydrogen (secondary N) is 1. The number of rotatable bonds is 5. The highest BCUT2D eigenvalue weighted by molar-refractivity contribution is 5.91. The van der Waals surface area contributed by atoms with Crippen molar-refractivity contribution in [2.75, 3.05) is 5.32 Å². The molecule has 150 valence electrons. The number of halogens is 2. The van der Waals surface area contributed by atoms with Gasteiger partial charge in [0.05, 0.1) is 0 Å². The summed E-state index contributed by atoms with van der Waals surface area (Å²) in [4.78, 5) is 17.3. The molecule has 6 heteroatoms. The number of hydrogen-bond donors (Lipinski definition) is 1. The third kappa shape index (κ3) is 4.06. The molecule has 2 atom stereocenters. The number of anilines is 1. The van der Waals surface area contributed by atoms with E-state index in [0.717, 1.165) is 30.9 Å². The SMILES string of the molecule is C[C@@H]1CCCn2c([C@@H](CC(=O)Nc3ccc(F)cc3)c3ccccc3F)cnc21. The van der Waals surface area contributed by atoms with Crippen LogP contribution in [0.25, 0.3) is 0 Å². The molecule has 1 aromatic heterocycles. The lowest BCUT2D eigenvalue weighted by molar-refractivity contribution is -0.116. The highest BCUT2D eigenvalue weighted by Crippen LogP contribution is 2.35. The van der Waals surface area contributed by atoms with Crippen molar-refractivity contribution in [3.8, 4) is 0 Å². The Morgan fingerprint density at radius 1 is 1.21 bits per heavy atom. The normalized spacial score (nSPS) is 16.9. The summed E-state index contributed by atoms with van der Waals surface area (Å²) in [7, 11) is 0. The van der Waals surface area contributed by atoms with Gasteiger partial charge in [0.15, 0.2) is 0 Å². The second kappa shape index (κ2) is 8.15. The van der Waals surface area contributed by atoms with Crippen LogP contribution < -0.4 is 5.32 Å². The molecule has 0 spiro atoms. The van der Waals surface area contributed by atoms with E-state index in [2.05, 4.69) is 21.8 Å². The standard InChI is InChI=1S/C23H23F2N3O/c1-15-5-4-12-28-21(14-26-23(15)28)19(18-6-2-3-7-20(18)25)13-22(29)27-17-10-8-16(24)9-11-17/h2-3,6-11,14-15,19H,4-5,12-13H2,1H3,(H,27,29)/t15-,19+/m1/s1. The van der Waals surface area contributed by atoms with Gasteiger partial charge in [-0.15, -0.1) is 0 Å². The Balaban J connectivity index is 1.66. The van der Waals surface area contributed by atoms with Crippen molar-refractivity contribution in [2.24, 2.45) is 0 Å². The van der Waals surface area contributed by atoms with Crippen LogP contribution in [0.3, 0.4) is 0 Å². The molecular formula is C23H23F2N3O. The van der Waals surface area contributed by atoms with E-state index in [1.54, 1.807) is 24.4 Å². The first-order valence-corrected chi connectivity index (χ1v) is 9.88.